The van der Waals surface area contributed by atoms with Crippen LogP contribution >= 0.6 is 11.6 Å². The average molecular weight is 669 g/mol. The second-order valence-electron chi connectivity index (χ2n) is 12.1. The first-order valence-electron chi connectivity index (χ1n) is 15.2. The lowest BCUT2D eigenvalue weighted by molar-refractivity contribution is -0.122. The molecule has 2 bridgehead atoms. The van der Waals surface area contributed by atoms with Crippen LogP contribution in [-0.2, 0) is 26.0 Å². The number of carbonyl (C=O) groups excluding carboxylic acids is 1. The highest BCUT2D eigenvalue weighted by molar-refractivity contribution is 7.89. The average Bonchev–Trinajstić information content (AvgIpc) is 3.11. The van der Waals surface area contributed by atoms with E-state index in [-0.39, 0.29) is 41.8 Å². The summed E-state index contributed by atoms with van der Waals surface area (Å²) in [7, 11) is -2.18. The molecule has 2 aromatic rings. The number of amides is 2. The lowest BCUT2D eigenvalue weighted by atomic mass is 9.76. The molecule has 0 spiro atoms. The number of carbonyl (C=O) groups is 2. The summed E-state index contributed by atoms with van der Waals surface area (Å²) in [6.45, 7) is 1.63. The third kappa shape index (κ3) is 7.76. The standard InChI is InChI=1S/C31H39ClF2N4O6S/c1-37(31(40)41)29(28(20-10-12-44-13-11-20)19-4-6-21(32)7-5-19)30(39)36-27-16-22(33)15-26(34)25(27)9-8-24-17-35-23-3-2-14-45(42,43)38(24)18-23/h4-7,15-16,20,23-24,28-29,35H,2-3,8-14,17-18H2,1H3,(H,36,39)(H,40,41)/t23-,24+,28+,29+/m1/s1. The van der Waals surface area contributed by atoms with Crippen molar-refractivity contribution in [3.05, 3.63) is 64.2 Å². The van der Waals surface area contributed by atoms with E-state index < -0.39 is 51.7 Å². The highest BCUT2D eigenvalue weighted by Gasteiger charge is 2.41. The molecule has 2 amide bonds. The minimum Gasteiger partial charge on any atom is -0.465 e. The number of anilines is 1. The van der Waals surface area contributed by atoms with Crippen molar-refractivity contribution >= 4 is 39.3 Å². The van der Waals surface area contributed by atoms with Crippen molar-refractivity contribution in [1.82, 2.24) is 14.5 Å². The monoisotopic (exact) mass is 668 g/mol. The van der Waals surface area contributed by atoms with Crippen LogP contribution in [0.2, 0.25) is 5.02 Å². The van der Waals surface area contributed by atoms with E-state index >= 15 is 4.39 Å². The molecule has 3 aliphatic rings. The largest absolute Gasteiger partial charge is 0.465 e. The molecular formula is C31H39ClF2N4O6S. The molecule has 3 heterocycles. The number of nitrogens with one attached hydrogen (secondary N) is 2. The van der Waals surface area contributed by atoms with E-state index in [1.807, 2.05) is 0 Å². The minimum atomic E-state index is -3.48. The fourth-order valence-electron chi connectivity index (χ4n) is 6.90. The Morgan fingerprint density at radius 2 is 1.89 bits per heavy atom. The number of ether oxygens (including phenoxy) is 1. The number of halogens is 3. The Kier molecular flexibility index (Phi) is 10.6. The zero-order valence-electron chi connectivity index (χ0n) is 25.1. The summed E-state index contributed by atoms with van der Waals surface area (Å²) in [4.78, 5) is 27.3. The Bertz CT molecular complexity index is 1490. The molecule has 45 heavy (non-hydrogen) atoms. The van der Waals surface area contributed by atoms with Crippen molar-refractivity contribution in [2.45, 2.75) is 62.6 Å². The number of sulfonamides is 1. The number of rotatable bonds is 9. The molecule has 5 rings (SSSR count). The van der Waals surface area contributed by atoms with Gasteiger partial charge in [0.25, 0.3) is 0 Å². The highest BCUT2D eigenvalue weighted by atomic mass is 35.5. The van der Waals surface area contributed by atoms with Crippen LogP contribution in [0.3, 0.4) is 0 Å². The number of carboxylic acid groups (broad SMARTS) is 1. The van der Waals surface area contributed by atoms with Gasteiger partial charge in [0.2, 0.25) is 15.9 Å². The van der Waals surface area contributed by atoms with Crippen LogP contribution in [0.5, 0.6) is 0 Å². The number of fused-ring (bicyclic) bond motifs is 2. The van der Waals surface area contributed by atoms with Crippen LogP contribution < -0.4 is 10.6 Å². The van der Waals surface area contributed by atoms with Crippen LogP contribution in [0.15, 0.2) is 36.4 Å². The Morgan fingerprint density at radius 1 is 1.18 bits per heavy atom. The number of nitrogens with zero attached hydrogens (tertiary/aromatic N) is 2. The summed E-state index contributed by atoms with van der Waals surface area (Å²) in [6.07, 6.45) is 1.39. The maximum Gasteiger partial charge on any atom is 0.407 e. The van der Waals surface area contributed by atoms with Crippen molar-refractivity contribution in [2.75, 3.05) is 44.4 Å². The zero-order valence-corrected chi connectivity index (χ0v) is 26.6. The molecule has 10 nitrogen and oxygen atoms in total. The Morgan fingerprint density at radius 3 is 2.58 bits per heavy atom. The van der Waals surface area contributed by atoms with Gasteiger partial charge in [-0.25, -0.2) is 22.0 Å². The predicted molar refractivity (Wildman–Crippen MR) is 166 cm³/mol. The van der Waals surface area contributed by atoms with E-state index in [4.69, 9.17) is 16.3 Å². The molecule has 0 radical (unpaired) electrons. The van der Waals surface area contributed by atoms with Crippen LogP contribution in [0.25, 0.3) is 0 Å². The number of hydrogen-bond donors (Lipinski definition) is 3. The number of piperazine rings is 1. The summed E-state index contributed by atoms with van der Waals surface area (Å²) in [6, 6.07) is 6.95. The molecular weight excluding hydrogens is 630 g/mol. The number of hydrogen-bond acceptors (Lipinski definition) is 6. The highest BCUT2D eigenvalue weighted by Crippen LogP contribution is 2.38. The van der Waals surface area contributed by atoms with Gasteiger partial charge in [-0.2, -0.15) is 4.31 Å². The van der Waals surface area contributed by atoms with Gasteiger partial charge in [-0.1, -0.05) is 23.7 Å². The minimum absolute atomic E-state index is 0.0185. The Labute approximate surface area is 267 Å². The van der Waals surface area contributed by atoms with Gasteiger partial charge in [0, 0.05) is 73.7 Å². The molecule has 3 saturated heterocycles. The summed E-state index contributed by atoms with van der Waals surface area (Å²) < 4.78 is 62.8. The molecule has 3 fully saturated rings. The Hall–Kier alpha value is -2.84. The van der Waals surface area contributed by atoms with E-state index in [0.717, 1.165) is 23.5 Å². The van der Waals surface area contributed by atoms with Crippen LogP contribution in [-0.4, -0.2) is 92.0 Å². The molecule has 3 aliphatic heterocycles. The first kappa shape index (κ1) is 33.5. The molecule has 0 aliphatic carbocycles. The van der Waals surface area contributed by atoms with Gasteiger partial charge < -0.3 is 20.5 Å². The molecule has 5 atom stereocenters. The fraction of sp³-hybridized carbons (Fsp3) is 0.548. The summed E-state index contributed by atoms with van der Waals surface area (Å²) in [5, 5.41) is 16.5. The first-order valence-corrected chi connectivity index (χ1v) is 17.2. The Balaban J connectivity index is 1.44. The molecule has 3 N–H and O–H groups in total. The van der Waals surface area contributed by atoms with E-state index in [9.17, 15) is 27.5 Å². The lowest BCUT2D eigenvalue weighted by Gasteiger charge is -2.39. The number of benzene rings is 2. The van der Waals surface area contributed by atoms with Gasteiger partial charge in [-0.15, -0.1) is 0 Å². The normalized spacial score (nSPS) is 24.7. The van der Waals surface area contributed by atoms with E-state index in [0.29, 0.717) is 56.2 Å². The summed E-state index contributed by atoms with van der Waals surface area (Å²) in [5.41, 5.74) is 0.598. The molecule has 14 heteroatoms. The van der Waals surface area contributed by atoms with Crippen molar-refractivity contribution in [1.29, 1.82) is 0 Å². The second kappa shape index (κ2) is 14.3. The zero-order chi connectivity index (χ0) is 32.3. The fourth-order valence-corrected chi connectivity index (χ4v) is 8.84. The van der Waals surface area contributed by atoms with Gasteiger partial charge >= 0.3 is 6.09 Å². The van der Waals surface area contributed by atoms with Gasteiger partial charge in [0.05, 0.1) is 5.75 Å². The molecule has 2 aromatic carbocycles. The maximum absolute atomic E-state index is 15.4. The molecule has 1 unspecified atom stereocenters. The van der Waals surface area contributed by atoms with E-state index in [1.54, 1.807) is 24.3 Å². The smallest absolute Gasteiger partial charge is 0.407 e. The topological polar surface area (TPSA) is 128 Å². The molecule has 0 aromatic heterocycles. The summed E-state index contributed by atoms with van der Waals surface area (Å²) >= 11 is 6.13. The van der Waals surface area contributed by atoms with E-state index in [2.05, 4.69) is 10.6 Å². The SMILES string of the molecule is CN(C(=O)O)[C@H](C(=O)Nc1cc(F)cc(F)c1CC[C@H]1CN[C@@H]2CCCS(=O)(=O)N1C2)[C@@H](c1ccc(Cl)cc1)C1CCOCC1. The van der Waals surface area contributed by atoms with Crippen molar-refractivity contribution in [3.63, 3.8) is 0 Å². The third-order valence-corrected chi connectivity index (χ3v) is 11.5. The van der Waals surface area contributed by atoms with Gasteiger partial charge in [-0.05, 0) is 68.2 Å². The number of likely N-dealkylation sites (N-methyl/N-ethyl adjacent to an activating group) is 1. The quantitative estimate of drug-likeness (QED) is 0.360. The lowest BCUT2D eigenvalue weighted by Crippen LogP contribution is -2.57. The maximum atomic E-state index is 15.4. The van der Waals surface area contributed by atoms with Crippen LogP contribution in [0.4, 0.5) is 19.3 Å². The van der Waals surface area contributed by atoms with Crippen molar-refractivity contribution < 1.29 is 36.6 Å². The predicted octanol–water partition coefficient (Wildman–Crippen LogP) is 4.44. The van der Waals surface area contributed by atoms with Crippen molar-refractivity contribution in [3.8, 4) is 0 Å². The van der Waals surface area contributed by atoms with E-state index in [1.165, 1.54) is 11.4 Å². The first-order chi connectivity index (χ1) is 21.4. The van der Waals surface area contributed by atoms with Gasteiger partial charge in [0.15, 0.2) is 0 Å². The van der Waals surface area contributed by atoms with Crippen LogP contribution in [0, 0.1) is 17.6 Å². The molecule has 0 saturated carbocycles. The summed E-state index contributed by atoms with van der Waals surface area (Å²) in [5.74, 6) is -3.22. The second-order valence-corrected chi connectivity index (χ2v) is 14.6. The van der Waals surface area contributed by atoms with Gasteiger partial charge in [0.1, 0.15) is 17.7 Å². The molecule has 246 valence electrons. The third-order valence-electron chi connectivity index (χ3n) is 9.26. The van der Waals surface area contributed by atoms with Gasteiger partial charge in [-0.3, -0.25) is 9.69 Å². The van der Waals surface area contributed by atoms with Crippen molar-refractivity contribution in [2.24, 2.45) is 5.92 Å². The van der Waals surface area contributed by atoms with Crippen LogP contribution in [0.1, 0.15) is 49.1 Å².